The van der Waals surface area contributed by atoms with E-state index >= 15 is 0 Å². The fraction of sp³-hybridized carbons (Fsp3) is 0.333. The summed E-state index contributed by atoms with van der Waals surface area (Å²) in [5.41, 5.74) is 0.602. The van der Waals surface area contributed by atoms with Gasteiger partial charge in [0.15, 0.2) is 12.0 Å². The van der Waals surface area contributed by atoms with Crippen molar-refractivity contribution in [2.75, 3.05) is 26.2 Å². The number of fused-ring (bicyclic) bond motifs is 1. The highest BCUT2D eigenvalue weighted by Crippen LogP contribution is 2.31. The minimum Gasteiger partial charge on any atom is -0.507 e. The molecule has 1 fully saturated rings. The summed E-state index contributed by atoms with van der Waals surface area (Å²) in [6.45, 7) is 4.57. The number of carbonyl (C=O) groups excluding carboxylic acids is 1. The van der Waals surface area contributed by atoms with E-state index in [2.05, 4.69) is 17.1 Å². The molecule has 7 heteroatoms. The number of hydrogen-bond donors (Lipinski definition) is 2. The van der Waals surface area contributed by atoms with E-state index in [0.29, 0.717) is 18.3 Å². The first-order chi connectivity index (χ1) is 15.0. The van der Waals surface area contributed by atoms with Crippen molar-refractivity contribution in [3.8, 4) is 22.8 Å². The zero-order valence-electron chi connectivity index (χ0n) is 17.5. The van der Waals surface area contributed by atoms with Gasteiger partial charge in [0.2, 0.25) is 0 Å². The molecular weight excluding hydrogens is 396 g/mol. The van der Waals surface area contributed by atoms with Crippen LogP contribution in [-0.2, 0) is 4.79 Å². The van der Waals surface area contributed by atoms with Crippen molar-refractivity contribution in [3.63, 3.8) is 0 Å². The molecule has 1 aromatic heterocycles. The predicted molar refractivity (Wildman–Crippen MR) is 118 cm³/mol. The number of likely N-dealkylation sites (N-methyl/N-ethyl adjacent to an activating group) is 1. The molecule has 3 aromatic rings. The molecule has 162 valence electrons. The van der Waals surface area contributed by atoms with Crippen LogP contribution < -0.4 is 15.5 Å². The van der Waals surface area contributed by atoms with Crippen LogP contribution in [0.4, 0.5) is 0 Å². The molecule has 1 saturated heterocycles. The molecule has 1 unspecified atom stereocenters. The molecular formula is C24H26N2O5. The molecule has 0 saturated carbocycles. The van der Waals surface area contributed by atoms with Gasteiger partial charge in [0.1, 0.15) is 28.2 Å². The molecule has 0 aliphatic carbocycles. The van der Waals surface area contributed by atoms with Crippen LogP contribution in [0.3, 0.4) is 0 Å². The van der Waals surface area contributed by atoms with Crippen LogP contribution in [0.1, 0.15) is 19.8 Å². The standard InChI is InChI=1S/C24H26N2O5/c1-2-26-10-6-9-17(26)14-25-23(29)15-30-18-11-19(27)24-20(28)13-21(31-22(24)12-18)16-7-4-3-5-8-16/h3-5,7-8,11-13,17,27H,2,6,9-10,14-15H2,1H3,(H,25,29). The van der Waals surface area contributed by atoms with Crippen LogP contribution in [0.5, 0.6) is 11.5 Å². The third-order valence-corrected chi connectivity index (χ3v) is 5.65. The SMILES string of the molecule is CCN1CCCC1CNC(=O)COc1cc(O)c2c(=O)cc(-c3ccccc3)oc2c1. The number of phenols is 1. The lowest BCUT2D eigenvalue weighted by atomic mass is 10.1. The third-order valence-electron chi connectivity index (χ3n) is 5.65. The van der Waals surface area contributed by atoms with Crippen LogP contribution >= 0.6 is 0 Å². The summed E-state index contributed by atoms with van der Waals surface area (Å²) in [6.07, 6.45) is 2.23. The predicted octanol–water partition coefficient (Wildman–Crippen LogP) is 3.14. The molecule has 1 aliphatic rings. The summed E-state index contributed by atoms with van der Waals surface area (Å²) in [4.78, 5) is 27.1. The third kappa shape index (κ3) is 4.72. The van der Waals surface area contributed by atoms with Crippen molar-refractivity contribution >= 4 is 16.9 Å². The van der Waals surface area contributed by atoms with E-state index in [-0.39, 0.29) is 40.4 Å². The molecule has 1 aliphatic heterocycles. The smallest absolute Gasteiger partial charge is 0.257 e. The van der Waals surface area contributed by atoms with Gasteiger partial charge in [-0.1, -0.05) is 37.3 Å². The van der Waals surface area contributed by atoms with Gasteiger partial charge in [-0.3, -0.25) is 14.5 Å². The Morgan fingerprint density at radius 1 is 1.26 bits per heavy atom. The van der Waals surface area contributed by atoms with E-state index in [1.807, 2.05) is 30.3 Å². The van der Waals surface area contributed by atoms with E-state index in [1.54, 1.807) is 0 Å². The maximum atomic E-state index is 12.5. The van der Waals surface area contributed by atoms with E-state index in [0.717, 1.165) is 31.5 Å². The number of carbonyl (C=O) groups is 1. The second-order valence-electron chi connectivity index (χ2n) is 7.67. The number of nitrogens with one attached hydrogen (secondary N) is 1. The van der Waals surface area contributed by atoms with E-state index < -0.39 is 0 Å². The molecule has 1 atom stereocenters. The number of benzene rings is 2. The maximum Gasteiger partial charge on any atom is 0.257 e. The number of amides is 1. The number of phenolic OH excluding ortho intramolecular Hbond substituents is 1. The Morgan fingerprint density at radius 3 is 2.84 bits per heavy atom. The average Bonchev–Trinajstić information content (AvgIpc) is 3.24. The molecule has 2 heterocycles. The lowest BCUT2D eigenvalue weighted by molar-refractivity contribution is -0.123. The molecule has 4 rings (SSSR count). The van der Waals surface area contributed by atoms with E-state index in [1.165, 1.54) is 18.2 Å². The van der Waals surface area contributed by atoms with Gasteiger partial charge in [0.05, 0.1) is 0 Å². The first kappa shape index (κ1) is 20.9. The first-order valence-electron chi connectivity index (χ1n) is 10.5. The first-order valence-corrected chi connectivity index (χ1v) is 10.5. The Kier molecular flexibility index (Phi) is 6.23. The summed E-state index contributed by atoms with van der Waals surface area (Å²) < 4.78 is 11.4. The summed E-state index contributed by atoms with van der Waals surface area (Å²) >= 11 is 0. The second-order valence-corrected chi connectivity index (χ2v) is 7.67. The van der Waals surface area contributed by atoms with E-state index in [9.17, 15) is 14.7 Å². The number of nitrogens with zero attached hydrogens (tertiary/aromatic N) is 1. The Labute approximate surface area is 180 Å². The van der Waals surface area contributed by atoms with Crippen LogP contribution in [0.25, 0.3) is 22.3 Å². The van der Waals surface area contributed by atoms with E-state index in [4.69, 9.17) is 9.15 Å². The van der Waals surface area contributed by atoms with Crippen molar-refractivity contribution in [2.45, 2.75) is 25.8 Å². The highest BCUT2D eigenvalue weighted by atomic mass is 16.5. The summed E-state index contributed by atoms with van der Waals surface area (Å²) in [5, 5.41) is 13.3. The fourth-order valence-electron chi connectivity index (χ4n) is 4.05. The van der Waals surface area contributed by atoms with Gasteiger partial charge in [-0.15, -0.1) is 0 Å². The van der Waals surface area contributed by atoms with Crippen molar-refractivity contribution in [1.82, 2.24) is 10.2 Å². The summed E-state index contributed by atoms with van der Waals surface area (Å²) in [7, 11) is 0. The van der Waals surface area contributed by atoms with Crippen LogP contribution in [0, 0.1) is 0 Å². The zero-order valence-corrected chi connectivity index (χ0v) is 17.5. The highest BCUT2D eigenvalue weighted by molar-refractivity contribution is 5.86. The molecule has 0 spiro atoms. The molecule has 0 radical (unpaired) electrons. The van der Waals surface area contributed by atoms with Gasteiger partial charge in [-0.05, 0) is 25.9 Å². The Hall–Kier alpha value is -3.32. The van der Waals surface area contributed by atoms with Crippen LogP contribution in [0.2, 0.25) is 0 Å². The Morgan fingerprint density at radius 2 is 2.06 bits per heavy atom. The lowest BCUT2D eigenvalue weighted by Gasteiger charge is -2.22. The van der Waals surface area contributed by atoms with Crippen molar-refractivity contribution in [1.29, 1.82) is 0 Å². The van der Waals surface area contributed by atoms with Crippen molar-refractivity contribution in [2.24, 2.45) is 0 Å². The zero-order chi connectivity index (χ0) is 21.8. The maximum absolute atomic E-state index is 12.5. The van der Waals surface area contributed by atoms with Crippen LogP contribution in [-0.4, -0.2) is 48.2 Å². The normalized spacial score (nSPS) is 16.5. The largest absolute Gasteiger partial charge is 0.507 e. The van der Waals surface area contributed by atoms with Gasteiger partial charge in [0.25, 0.3) is 5.91 Å². The molecule has 2 N–H and O–H groups in total. The number of ether oxygens (including phenoxy) is 1. The van der Waals surface area contributed by atoms with Crippen molar-refractivity contribution in [3.05, 3.63) is 58.8 Å². The molecule has 2 aromatic carbocycles. The molecule has 7 nitrogen and oxygen atoms in total. The second kappa shape index (κ2) is 9.22. The van der Waals surface area contributed by atoms with Gasteiger partial charge in [-0.2, -0.15) is 0 Å². The topological polar surface area (TPSA) is 92.0 Å². The van der Waals surface area contributed by atoms with Gasteiger partial charge in [0, 0.05) is 36.3 Å². The van der Waals surface area contributed by atoms with Crippen molar-refractivity contribution < 1.29 is 19.1 Å². The molecule has 1 amide bonds. The quantitative estimate of drug-likeness (QED) is 0.608. The highest BCUT2D eigenvalue weighted by Gasteiger charge is 2.23. The molecule has 31 heavy (non-hydrogen) atoms. The molecule has 0 bridgehead atoms. The summed E-state index contributed by atoms with van der Waals surface area (Å²) in [5.74, 6) is 0.168. The van der Waals surface area contributed by atoms with Gasteiger partial charge in [-0.25, -0.2) is 0 Å². The lowest BCUT2D eigenvalue weighted by Crippen LogP contribution is -2.41. The summed E-state index contributed by atoms with van der Waals surface area (Å²) in [6, 6.07) is 13.8. The number of likely N-dealkylation sites (tertiary alicyclic amines) is 1. The van der Waals surface area contributed by atoms with Gasteiger partial charge < -0.3 is 19.6 Å². The monoisotopic (exact) mass is 422 g/mol. The van der Waals surface area contributed by atoms with Crippen LogP contribution in [0.15, 0.2) is 57.7 Å². The fourth-order valence-corrected chi connectivity index (χ4v) is 4.05. The minimum absolute atomic E-state index is 0.0809. The minimum atomic E-state index is -0.348. The number of rotatable bonds is 7. The average molecular weight is 422 g/mol. The number of aromatic hydroxyl groups is 1. The number of hydrogen-bond acceptors (Lipinski definition) is 6. The van der Waals surface area contributed by atoms with Gasteiger partial charge >= 0.3 is 0 Å². The Balaban J connectivity index is 1.46. The Bertz CT molecular complexity index is 1130.